The molecule has 0 aliphatic carbocycles. The van der Waals surface area contributed by atoms with Crippen LogP contribution in [-0.2, 0) is 13.1 Å². The summed E-state index contributed by atoms with van der Waals surface area (Å²) >= 11 is 1.59. The molecule has 2 aromatic heterocycles. The van der Waals surface area contributed by atoms with Gasteiger partial charge < -0.3 is 5.73 Å². The quantitative estimate of drug-likeness (QED) is 0.923. The van der Waals surface area contributed by atoms with Gasteiger partial charge in [0.05, 0.1) is 5.69 Å². The summed E-state index contributed by atoms with van der Waals surface area (Å²) in [5.74, 6) is 0. The number of hydrogen-bond donors (Lipinski definition) is 1. The molecule has 0 saturated carbocycles. The summed E-state index contributed by atoms with van der Waals surface area (Å²) in [7, 11) is 0. The molecule has 0 unspecified atom stereocenters. The molecule has 6 heteroatoms. The molecule has 1 aliphatic rings. The minimum absolute atomic E-state index is 0.661. The van der Waals surface area contributed by atoms with Crippen LogP contribution in [-0.4, -0.2) is 45.9 Å². The van der Waals surface area contributed by atoms with Crippen LogP contribution >= 0.6 is 11.3 Å². The van der Waals surface area contributed by atoms with Crippen molar-refractivity contribution in [2.24, 2.45) is 0 Å². The van der Waals surface area contributed by atoms with E-state index in [4.69, 9.17) is 5.73 Å². The first-order valence-corrected chi connectivity index (χ1v) is 7.66. The van der Waals surface area contributed by atoms with Gasteiger partial charge in [-0.25, -0.2) is 4.98 Å². The van der Waals surface area contributed by atoms with Crippen molar-refractivity contribution in [3.8, 4) is 0 Å². The van der Waals surface area contributed by atoms with Crippen LogP contribution in [0, 0.1) is 0 Å². The average Bonchev–Trinajstić information content (AvgIpc) is 2.88. The topological polar surface area (TPSA) is 58.3 Å². The third-order valence-electron chi connectivity index (χ3n) is 3.53. The molecule has 1 fully saturated rings. The molecule has 2 N–H and O–H groups in total. The highest BCUT2D eigenvalue weighted by molar-refractivity contribution is 7.15. The lowest BCUT2D eigenvalue weighted by atomic mass is 10.2. The summed E-state index contributed by atoms with van der Waals surface area (Å²) < 4.78 is 0. The summed E-state index contributed by atoms with van der Waals surface area (Å²) in [6.45, 7) is 6.26. The zero-order valence-electron chi connectivity index (χ0n) is 11.4. The molecule has 0 spiro atoms. The van der Waals surface area contributed by atoms with Crippen molar-refractivity contribution in [3.63, 3.8) is 0 Å². The summed E-state index contributed by atoms with van der Waals surface area (Å²) in [6, 6.07) is 6.10. The summed E-state index contributed by atoms with van der Waals surface area (Å²) in [5.41, 5.74) is 6.81. The third kappa shape index (κ3) is 3.53. The molecular weight excluding hydrogens is 270 g/mol. The van der Waals surface area contributed by atoms with Gasteiger partial charge in [-0.1, -0.05) is 6.07 Å². The highest BCUT2D eigenvalue weighted by atomic mass is 32.1. The Kier molecular flexibility index (Phi) is 4.25. The summed E-state index contributed by atoms with van der Waals surface area (Å²) in [6.07, 6.45) is 3.75. The van der Waals surface area contributed by atoms with Crippen LogP contribution in [0.2, 0.25) is 0 Å². The number of nitrogens with zero attached hydrogens (tertiary/aromatic N) is 4. The first kappa shape index (κ1) is 13.5. The minimum Gasteiger partial charge on any atom is -0.375 e. The molecule has 0 bridgehead atoms. The fraction of sp³-hybridized carbons (Fsp3) is 0.429. The maximum Gasteiger partial charge on any atom is 0.180 e. The molecule has 20 heavy (non-hydrogen) atoms. The number of rotatable bonds is 4. The normalized spacial score (nSPS) is 17.4. The lowest BCUT2D eigenvalue weighted by molar-refractivity contribution is 0.122. The molecule has 3 heterocycles. The van der Waals surface area contributed by atoms with E-state index < -0.39 is 0 Å². The van der Waals surface area contributed by atoms with E-state index in [-0.39, 0.29) is 0 Å². The zero-order chi connectivity index (χ0) is 13.8. The Morgan fingerprint density at radius 3 is 2.40 bits per heavy atom. The molecule has 0 radical (unpaired) electrons. The predicted octanol–water partition coefficient (Wildman–Crippen LogP) is 1.44. The predicted molar refractivity (Wildman–Crippen MR) is 81.3 cm³/mol. The molecule has 1 aliphatic heterocycles. The maximum atomic E-state index is 5.67. The fourth-order valence-corrected chi connectivity index (χ4v) is 3.17. The van der Waals surface area contributed by atoms with E-state index in [0.29, 0.717) is 5.13 Å². The van der Waals surface area contributed by atoms with Crippen molar-refractivity contribution in [2.75, 3.05) is 31.9 Å². The molecule has 3 rings (SSSR count). The van der Waals surface area contributed by atoms with E-state index in [1.54, 1.807) is 11.3 Å². The van der Waals surface area contributed by atoms with Gasteiger partial charge in [-0.2, -0.15) is 0 Å². The number of nitrogens with two attached hydrogens (primary N) is 1. The van der Waals surface area contributed by atoms with E-state index in [1.165, 1.54) is 4.88 Å². The minimum atomic E-state index is 0.661. The Morgan fingerprint density at radius 1 is 1.05 bits per heavy atom. The number of pyridine rings is 1. The standard InChI is InChI=1S/C14H19N5S/c15-14-17-9-13(20-14)11-19-7-5-18(6-8-19)10-12-3-1-2-4-16-12/h1-4,9H,5-8,10-11H2,(H2,15,17). The van der Waals surface area contributed by atoms with Crippen LogP contribution in [0.4, 0.5) is 5.13 Å². The van der Waals surface area contributed by atoms with Crippen molar-refractivity contribution >= 4 is 16.5 Å². The van der Waals surface area contributed by atoms with Gasteiger partial charge in [0.1, 0.15) is 0 Å². The van der Waals surface area contributed by atoms with Gasteiger partial charge in [-0.3, -0.25) is 14.8 Å². The SMILES string of the molecule is Nc1ncc(CN2CCN(Cc3ccccn3)CC2)s1. The average molecular weight is 289 g/mol. The Morgan fingerprint density at radius 2 is 1.80 bits per heavy atom. The molecular formula is C14H19N5S. The van der Waals surface area contributed by atoms with Crippen molar-refractivity contribution < 1.29 is 0 Å². The molecule has 0 atom stereocenters. The van der Waals surface area contributed by atoms with Crippen LogP contribution < -0.4 is 5.73 Å². The highest BCUT2D eigenvalue weighted by Gasteiger charge is 2.17. The molecule has 0 aromatic carbocycles. The Labute approximate surface area is 123 Å². The second kappa shape index (κ2) is 6.30. The van der Waals surface area contributed by atoms with Gasteiger partial charge >= 0.3 is 0 Å². The van der Waals surface area contributed by atoms with Crippen LogP contribution in [0.3, 0.4) is 0 Å². The molecule has 1 saturated heterocycles. The molecule has 2 aromatic rings. The van der Waals surface area contributed by atoms with Crippen LogP contribution in [0.5, 0.6) is 0 Å². The summed E-state index contributed by atoms with van der Waals surface area (Å²) in [4.78, 5) is 14.7. The number of nitrogen functional groups attached to an aromatic ring is 1. The van der Waals surface area contributed by atoms with Gasteiger partial charge in [0, 0.05) is 56.5 Å². The second-order valence-electron chi connectivity index (χ2n) is 5.04. The first-order chi connectivity index (χ1) is 9.79. The van der Waals surface area contributed by atoms with Gasteiger partial charge in [0.2, 0.25) is 0 Å². The largest absolute Gasteiger partial charge is 0.375 e. The van der Waals surface area contributed by atoms with Gasteiger partial charge in [0.25, 0.3) is 0 Å². The third-order valence-corrected chi connectivity index (χ3v) is 4.34. The van der Waals surface area contributed by atoms with Crippen molar-refractivity contribution in [1.29, 1.82) is 0 Å². The number of hydrogen-bond acceptors (Lipinski definition) is 6. The van der Waals surface area contributed by atoms with Gasteiger partial charge in [0.15, 0.2) is 5.13 Å². The van der Waals surface area contributed by atoms with Crippen molar-refractivity contribution in [2.45, 2.75) is 13.1 Å². The maximum absolute atomic E-state index is 5.67. The number of aromatic nitrogens is 2. The Hall–Kier alpha value is -1.50. The second-order valence-corrected chi connectivity index (χ2v) is 6.18. The van der Waals surface area contributed by atoms with E-state index in [2.05, 4.69) is 25.8 Å². The van der Waals surface area contributed by atoms with Crippen LogP contribution in [0.1, 0.15) is 10.6 Å². The van der Waals surface area contributed by atoms with Gasteiger partial charge in [-0.15, -0.1) is 11.3 Å². The lowest BCUT2D eigenvalue weighted by Crippen LogP contribution is -2.45. The Balaban J connectivity index is 1.47. The van der Waals surface area contributed by atoms with Crippen molar-refractivity contribution in [1.82, 2.24) is 19.8 Å². The molecule has 0 amide bonds. The van der Waals surface area contributed by atoms with Gasteiger partial charge in [-0.05, 0) is 12.1 Å². The van der Waals surface area contributed by atoms with E-state index in [1.807, 2.05) is 24.5 Å². The van der Waals surface area contributed by atoms with E-state index in [9.17, 15) is 0 Å². The smallest absolute Gasteiger partial charge is 0.180 e. The number of piperazine rings is 1. The van der Waals surface area contributed by atoms with Crippen LogP contribution in [0.15, 0.2) is 30.6 Å². The fourth-order valence-electron chi connectivity index (χ4n) is 2.44. The number of anilines is 1. The summed E-state index contributed by atoms with van der Waals surface area (Å²) in [5, 5.41) is 0.661. The van der Waals surface area contributed by atoms with Crippen LogP contribution in [0.25, 0.3) is 0 Å². The van der Waals surface area contributed by atoms with E-state index in [0.717, 1.165) is 45.0 Å². The van der Waals surface area contributed by atoms with E-state index >= 15 is 0 Å². The Bertz CT molecular complexity index is 534. The number of thiazole rings is 1. The zero-order valence-corrected chi connectivity index (χ0v) is 12.2. The highest BCUT2D eigenvalue weighted by Crippen LogP contribution is 2.17. The molecule has 106 valence electrons. The van der Waals surface area contributed by atoms with Crippen molar-refractivity contribution in [3.05, 3.63) is 41.2 Å². The molecule has 5 nitrogen and oxygen atoms in total. The lowest BCUT2D eigenvalue weighted by Gasteiger charge is -2.34. The monoisotopic (exact) mass is 289 g/mol. The first-order valence-electron chi connectivity index (χ1n) is 6.84.